The Morgan fingerprint density at radius 2 is 1.86 bits per heavy atom. The molecule has 0 radical (unpaired) electrons. The average Bonchev–Trinajstić information content (AvgIpc) is 3.11. The van der Waals surface area contributed by atoms with Gasteiger partial charge in [-0.3, -0.25) is 4.79 Å². The number of benzene rings is 1. The van der Waals surface area contributed by atoms with Crippen molar-refractivity contribution in [2.24, 2.45) is 11.7 Å². The van der Waals surface area contributed by atoms with Crippen molar-refractivity contribution < 1.29 is 13.9 Å². The molecule has 7 nitrogen and oxygen atoms in total. The van der Waals surface area contributed by atoms with Crippen LogP contribution in [0.15, 0.2) is 22.6 Å². The van der Waals surface area contributed by atoms with Crippen LogP contribution in [0, 0.1) is 12.8 Å². The maximum atomic E-state index is 12.7. The molecule has 2 aliphatic heterocycles. The molecule has 4 rings (SSSR count). The molecule has 2 aromatic rings. The largest absolute Gasteiger partial charge is 0.423 e. The predicted octanol–water partition coefficient (Wildman–Crippen LogP) is 2.38. The SMILES string of the molecule is Cc1ccc2oc(N3CCN(C(=O)C(N)C4CCOCC4)CC3)nc2c1.Cl.Cl. The molecule has 156 valence electrons. The Morgan fingerprint density at radius 3 is 2.54 bits per heavy atom. The van der Waals surface area contributed by atoms with Gasteiger partial charge in [0.1, 0.15) is 5.52 Å². The van der Waals surface area contributed by atoms with Crippen LogP contribution in [0.3, 0.4) is 0 Å². The molecule has 0 spiro atoms. The number of aromatic nitrogens is 1. The van der Waals surface area contributed by atoms with Gasteiger partial charge in [-0.25, -0.2) is 0 Å². The van der Waals surface area contributed by atoms with Crippen molar-refractivity contribution in [3.8, 4) is 0 Å². The monoisotopic (exact) mass is 430 g/mol. The molecule has 0 bridgehead atoms. The molecule has 2 aliphatic rings. The molecular formula is C19H28Cl2N4O3. The number of rotatable bonds is 3. The van der Waals surface area contributed by atoms with Crippen molar-refractivity contribution in [3.05, 3.63) is 23.8 Å². The number of nitrogens with two attached hydrogens (primary N) is 1. The Balaban J connectivity index is 0.00000140. The van der Waals surface area contributed by atoms with E-state index in [-0.39, 0.29) is 36.6 Å². The van der Waals surface area contributed by atoms with E-state index in [0.717, 1.165) is 29.5 Å². The zero-order chi connectivity index (χ0) is 18.1. The molecule has 0 saturated carbocycles. The molecule has 1 aromatic heterocycles. The third kappa shape index (κ3) is 4.71. The van der Waals surface area contributed by atoms with Gasteiger partial charge in [0.2, 0.25) is 5.91 Å². The number of amides is 1. The van der Waals surface area contributed by atoms with Crippen LogP contribution in [0.5, 0.6) is 0 Å². The Bertz CT molecular complexity index is 787. The number of halogens is 2. The summed E-state index contributed by atoms with van der Waals surface area (Å²) in [6.45, 7) is 6.16. The van der Waals surface area contributed by atoms with Crippen molar-refractivity contribution in [3.63, 3.8) is 0 Å². The van der Waals surface area contributed by atoms with Gasteiger partial charge in [0.15, 0.2) is 5.58 Å². The van der Waals surface area contributed by atoms with E-state index in [4.69, 9.17) is 14.9 Å². The van der Waals surface area contributed by atoms with Crippen molar-refractivity contribution in [1.29, 1.82) is 0 Å². The fourth-order valence-corrected chi connectivity index (χ4v) is 3.77. The summed E-state index contributed by atoms with van der Waals surface area (Å²) in [5, 5.41) is 0. The topological polar surface area (TPSA) is 84.8 Å². The predicted molar refractivity (Wildman–Crippen MR) is 114 cm³/mol. The molecule has 2 fully saturated rings. The third-order valence-electron chi connectivity index (χ3n) is 5.45. The summed E-state index contributed by atoms with van der Waals surface area (Å²) in [4.78, 5) is 21.3. The Kier molecular flexibility index (Phi) is 7.95. The Labute approximate surface area is 177 Å². The summed E-state index contributed by atoms with van der Waals surface area (Å²) in [7, 11) is 0. The standard InChI is InChI=1S/C19H26N4O3.2ClH/c1-13-2-3-16-15(12-13)21-19(26-16)23-8-6-22(7-9-23)18(24)17(20)14-4-10-25-11-5-14;;/h2-3,12,14,17H,4-11,20H2,1H3;2*1H. The van der Waals surface area contributed by atoms with Crippen LogP contribution in [0.25, 0.3) is 11.1 Å². The van der Waals surface area contributed by atoms with Gasteiger partial charge in [0.25, 0.3) is 6.01 Å². The second kappa shape index (κ2) is 9.78. The highest BCUT2D eigenvalue weighted by atomic mass is 35.5. The molecule has 1 amide bonds. The quantitative estimate of drug-likeness (QED) is 0.804. The lowest BCUT2D eigenvalue weighted by molar-refractivity contribution is -0.135. The fraction of sp³-hybridized carbons (Fsp3) is 0.579. The van der Waals surface area contributed by atoms with E-state index in [1.165, 1.54) is 0 Å². The molecule has 2 saturated heterocycles. The van der Waals surface area contributed by atoms with Crippen LogP contribution >= 0.6 is 24.8 Å². The minimum Gasteiger partial charge on any atom is -0.423 e. The summed E-state index contributed by atoms with van der Waals surface area (Å²) < 4.78 is 11.2. The number of hydrogen-bond donors (Lipinski definition) is 1. The van der Waals surface area contributed by atoms with Gasteiger partial charge in [-0.1, -0.05) is 6.07 Å². The molecule has 2 N–H and O–H groups in total. The van der Waals surface area contributed by atoms with Crippen LogP contribution in [-0.2, 0) is 9.53 Å². The second-order valence-electron chi connectivity index (χ2n) is 7.26. The summed E-state index contributed by atoms with van der Waals surface area (Å²) in [6.07, 6.45) is 1.74. The van der Waals surface area contributed by atoms with Gasteiger partial charge in [-0.15, -0.1) is 24.8 Å². The van der Waals surface area contributed by atoms with Crippen LogP contribution in [0.1, 0.15) is 18.4 Å². The summed E-state index contributed by atoms with van der Waals surface area (Å²) in [6, 6.07) is 6.21. The molecule has 1 unspecified atom stereocenters. The molecular weight excluding hydrogens is 403 g/mol. The summed E-state index contributed by atoms with van der Waals surface area (Å²) in [5.74, 6) is 0.291. The number of carbonyl (C=O) groups is 1. The first-order valence-corrected chi connectivity index (χ1v) is 9.36. The van der Waals surface area contributed by atoms with Gasteiger partial charge in [-0.2, -0.15) is 4.98 Å². The highest BCUT2D eigenvalue weighted by molar-refractivity contribution is 5.85. The number of ether oxygens (including phenoxy) is 1. The highest BCUT2D eigenvalue weighted by Gasteiger charge is 2.32. The summed E-state index contributed by atoms with van der Waals surface area (Å²) in [5.41, 5.74) is 9.08. The van der Waals surface area contributed by atoms with Crippen LogP contribution in [-0.4, -0.2) is 61.2 Å². The maximum absolute atomic E-state index is 12.7. The number of carbonyl (C=O) groups excluding carboxylic acids is 1. The lowest BCUT2D eigenvalue weighted by Gasteiger charge is -2.37. The lowest BCUT2D eigenvalue weighted by atomic mass is 9.91. The molecule has 0 aliphatic carbocycles. The number of anilines is 1. The number of hydrogen-bond acceptors (Lipinski definition) is 6. The van der Waals surface area contributed by atoms with E-state index < -0.39 is 6.04 Å². The van der Waals surface area contributed by atoms with E-state index in [0.29, 0.717) is 45.4 Å². The number of nitrogens with zero attached hydrogens (tertiary/aromatic N) is 3. The van der Waals surface area contributed by atoms with Gasteiger partial charge in [0, 0.05) is 39.4 Å². The van der Waals surface area contributed by atoms with E-state index in [1.807, 2.05) is 30.0 Å². The molecule has 28 heavy (non-hydrogen) atoms. The number of oxazole rings is 1. The van der Waals surface area contributed by atoms with Crippen molar-refractivity contribution in [2.75, 3.05) is 44.3 Å². The molecule has 9 heteroatoms. The van der Waals surface area contributed by atoms with Crippen molar-refractivity contribution >= 4 is 47.8 Å². The molecule has 1 atom stereocenters. The lowest BCUT2D eigenvalue weighted by Crippen LogP contribution is -2.55. The smallest absolute Gasteiger partial charge is 0.298 e. The third-order valence-corrected chi connectivity index (χ3v) is 5.45. The Hall–Kier alpha value is -1.54. The van der Waals surface area contributed by atoms with E-state index in [1.54, 1.807) is 0 Å². The van der Waals surface area contributed by atoms with Gasteiger partial charge in [0.05, 0.1) is 6.04 Å². The minimum absolute atomic E-state index is 0. The van der Waals surface area contributed by atoms with Gasteiger partial charge >= 0.3 is 0 Å². The van der Waals surface area contributed by atoms with E-state index in [2.05, 4.69) is 9.88 Å². The molecule has 3 heterocycles. The number of fused-ring (bicyclic) bond motifs is 1. The molecule has 1 aromatic carbocycles. The van der Waals surface area contributed by atoms with Crippen LogP contribution in [0.4, 0.5) is 6.01 Å². The highest BCUT2D eigenvalue weighted by Crippen LogP contribution is 2.24. The van der Waals surface area contributed by atoms with Crippen LogP contribution < -0.4 is 10.6 Å². The normalized spacial score (nSPS) is 19.1. The minimum atomic E-state index is -0.419. The average molecular weight is 431 g/mol. The van der Waals surface area contributed by atoms with Crippen LogP contribution in [0.2, 0.25) is 0 Å². The zero-order valence-corrected chi connectivity index (χ0v) is 17.6. The van der Waals surface area contributed by atoms with E-state index >= 15 is 0 Å². The van der Waals surface area contributed by atoms with Gasteiger partial charge < -0.3 is 24.7 Å². The first-order valence-electron chi connectivity index (χ1n) is 9.36. The van der Waals surface area contributed by atoms with Crippen molar-refractivity contribution in [1.82, 2.24) is 9.88 Å². The zero-order valence-electron chi connectivity index (χ0n) is 16.0. The maximum Gasteiger partial charge on any atom is 0.298 e. The van der Waals surface area contributed by atoms with E-state index in [9.17, 15) is 4.79 Å². The summed E-state index contributed by atoms with van der Waals surface area (Å²) >= 11 is 0. The second-order valence-corrected chi connectivity index (χ2v) is 7.26. The number of piperazine rings is 1. The Morgan fingerprint density at radius 1 is 1.18 bits per heavy atom. The van der Waals surface area contributed by atoms with Crippen molar-refractivity contribution in [2.45, 2.75) is 25.8 Å². The first kappa shape index (κ1) is 22.7. The first-order chi connectivity index (χ1) is 12.6. The fourth-order valence-electron chi connectivity index (χ4n) is 3.77. The number of aryl methyl sites for hydroxylation is 1. The van der Waals surface area contributed by atoms with Gasteiger partial charge in [-0.05, 0) is 43.4 Å².